The molecule has 0 aromatic heterocycles. The van der Waals surface area contributed by atoms with Crippen LogP contribution in [0.25, 0.3) is 0 Å². The number of halogens is 1. The van der Waals surface area contributed by atoms with E-state index in [9.17, 15) is 13.2 Å². The molecular weight excluding hydrogens is 388 g/mol. The van der Waals surface area contributed by atoms with Crippen molar-refractivity contribution in [1.29, 1.82) is 0 Å². The summed E-state index contributed by atoms with van der Waals surface area (Å²) in [6.45, 7) is 0. The average Bonchev–Trinajstić information content (AvgIpc) is 2.94. The zero-order valence-electron chi connectivity index (χ0n) is 12.8. The molecule has 1 aromatic rings. The van der Waals surface area contributed by atoms with Crippen molar-refractivity contribution in [3.63, 3.8) is 0 Å². The molecule has 128 valence electrons. The number of rotatable bonds is 6. The Morgan fingerprint density at radius 3 is 2.43 bits per heavy atom. The Kier molecular flexibility index (Phi) is 5.53. The second-order valence-electron chi connectivity index (χ2n) is 5.31. The molecular formula is C14H19BrN2O5S. The molecule has 1 saturated carbocycles. The highest BCUT2D eigenvalue weighted by Gasteiger charge is 2.35. The molecule has 0 bridgehead atoms. The maximum absolute atomic E-state index is 12.7. The molecule has 0 aliphatic heterocycles. The highest BCUT2D eigenvalue weighted by atomic mass is 79.9. The molecule has 0 spiro atoms. The molecule has 0 saturated heterocycles. The Morgan fingerprint density at radius 1 is 1.26 bits per heavy atom. The number of carbonyl (C=O) groups is 1. The molecule has 7 nitrogen and oxygen atoms in total. The first kappa shape index (κ1) is 18.0. The minimum absolute atomic E-state index is 0.0188. The van der Waals surface area contributed by atoms with Crippen molar-refractivity contribution < 1.29 is 22.7 Å². The SMILES string of the molecule is COc1cc(Br)c(S(=O)(=O)N[C@@H]2CCC[C@@H]2C(N)=O)cc1OC. The number of hydrogen-bond donors (Lipinski definition) is 2. The normalized spacial score (nSPS) is 21.2. The molecule has 0 unspecified atom stereocenters. The fraction of sp³-hybridized carbons (Fsp3) is 0.500. The maximum atomic E-state index is 12.7. The summed E-state index contributed by atoms with van der Waals surface area (Å²) in [6, 6.07) is 2.41. The van der Waals surface area contributed by atoms with Gasteiger partial charge in [0, 0.05) is 16.6 Å². The summed E-state index contributed by atoms with van der Waals surface area (Å²) in [5.74, 6) is -0.256. The summed E-state index contributed by atoms with van der Waals surface area (Å²) >= 11 is 3.23. The molecule has 0 radical (unpaired) electrons. The van der Waals surface area contributed by atoms with Gasteiger partial charge in [0.15, 0.2) is 11.5 Å². The lowest BCUT2D eigenvalue weighted by Crippen LogP contribution is -2.42. The highest BCUT2D eigenvalue weighted by molar-refractivity contribution is 9.10. The first-order chi connectivity index (χ1) is 10.8. The summed E-state index contributed by atoms with van der Waals surface area (Å²) in [5, 5.41) is 0. The fourth-order valence-electron chi connectivity index (χ4n) is 2.75. The smallest absolute Gasteiger partial charge is 0.242 e. The van der Waals surface area contributed by atoms with E-state index in [4.69, 9.17) is 15.2 Å². The quantitative estimate of drug-likeness (QED) is 0.741. The number of ether oxygens (including phenoxy) is 2. The largest absolute Gasteiger partial charge is 0.493 e. The van der Waals surface area contributed by atoms with Crippen LogP contribution >= 0.6 is 15.9 Å². The van der Waals surface area contributed by atoms with E-state index in [1.807, 2.05) is 0 Å². The van der Waals surface area contributed by atoms with Gasteiger partial charge in [-0.05, 0) is 34.8 Å². The second-order valence-corrected chi connectivity index (χ2v) is 7.84. The van der Waals surface area contributed by atoms with Crippen LogP contribution in [0, 0.1) is 5.92 Å². The summed E-state index contributed by atoms with van der Waals surface area (Å²) in [5.41, 5.74) is 5.34. The van der Waals surface area contributed by atoms with Crippen LogP contribution in [-0.2, 0) is 14.8 Å². The number of sulfonamides is 1. The zero-order valence-corrected chi connectivity index (χ0v) is 15.2. The predicted molar refractivity (Wildman–Crippen MR) is 87.9 cm³/mol. The third-order valence-electron chi connectivity index (χ3n) is 3.92. The van der Waals surface area contributed by atoms with Gasteiger partial charge in [0.25, 0.3) is 0 Å². The van der Waals surface area contributed by atoms with Crippen LogP contribution in [0.2, 0.25) is 0 Å². The van der Waals surface area contributed by atoms with E-state index in [1.165, 1.54) is 26.4 Å². The van der Waals surface area contributed by atoms with E-state index < -0.39 is 27.9 Å². The van der Waals surface area contributed by atoms with Gasteiger partial charge in [0.2, 0.25) is 15.9 Å². The Morgan fingerprint density at radius 2 is 1.87 bits per heavy atom. The van der Waals surface area contributed by atoms with Gasteiger partial charge in [0.1, 0.15) is 4.90 Å². The number of nitrogens with two attached hydrogens (primary N) is 1. The summed E-state index contributed by atoms with van der Waals surface area (Å²) in [7, 11) is -0.947. The van der Waals surface area contributed by atoms with Gasteiger partial charge in [-0.1, -0.05) is 6.42 Å². The standard InChI is InChI=1S/C14H19BrN2O5S/c1-21-11-6-9(15)13(7-12(11)22-2)23(19,20)17-10-5-3-4-8(10)14(16)18/h6-8,10,17H,3-5H2,1-2H3,(H2,16,18)/t8-,10+/m0/s1. The molecule has 1 aliphatic rings. The number of carbonyl (C=O) groups excluding carboxylic acids is 1. The van der Waals surface area contributed by atoms with Crippen LogP contribution in [0.5, 0.6) is 11.5 Å². The van der Waals surface area contributed by atoms with E-state index >= 15 is 0 Å². The summed E-state index contributed by atoms with van der Waals surface area (Å²) in [6.07, 6.45) is 1.93. The van der Waals surface area contributed by atoms with Gasteiger partial charge in [-0.15, -0.1) is 0 Å². The highest BCUT2D eigenvalue weighted by Crippen LogP contribution is 2.36. The van der Waals surface area contributed by atoms with E-state index in [2.05, 4.69) is 20.7 Å². The van der Waals surface area contributed by atoms with Crippen molar-refractivity contribution in [1.82, 2.24) is 4.72 Å². The van der Waals surface area contributed by atoms with Gasteiger partial charge in [-0.25, -0.2) is 13.1 Å². The van der Waals surface area contributed by atoms with Crippen molar-refractivity contribution in [2.24, 2.45) is 11.7 Å². The lowest BCUT2D eigenvalue weighted by molar-refractivity contribution is -0.122. The van der Waals surface area contributed by atoms with Crippen LogP contribution in [0.1, 0.15) is 19.3 Å². The molecule has 2 atom stereocenters. The lowest BCUT2D eigenvalue weighted by Gasteiger charge is -2.19. The summed E-state index contributed by atoms with van der Waals surface area (Å²) in [4.78, 5) is 11.4. The van der Waals surface area contributed by atoms with Crippen molar-refractivity contribution in [3.05, 3.63) is 16.6 Å². The van der Waals surface area contributed by atoms with Crippen LogP contribution in [-0.4, -0.2) is 34.6 Å². The minimum atomic E-state index is -3.84. The Bertz CT molecular complexity index is 707. The van der Waals surface area contributed by atoms with Crippen molar-refractivity contribution >= 4 is 31.9 Å². The minimum Gasteiger partial charge on any atom is -0.493 e. The average molecular weight is 407 g/mol. The fourth-order valence-corrected chi connectivity index (χ4v) is 5.09. The molecule has 1 fully saturated rings. The van der Waals surface area contributed by atoms with Crippen molar-refractivity contribution in [3.8, 4) is 11.5 Å². The summed E-state index contributed by atoms with van der Waals surface area (Å²) < 4.78 is 38.5. The Balaban J connectivity index is 2.34. The molecule has 9 heteroatoms. The van der Waals surface area contributed by atoms with Gasteiger partial charge < -0.3 is 15.2 Å². The van der Waals surface area contributed by atoms with E-state index in [0.717, 1.165) is 6.42 Å². The number of hydrogen-bond acceptors (Lipinski definition) is 5. The third kappa shape index (κ3) is 3.78. The first-order valence-electron chi connectivity index (χ1n) is 7.03. The van der Waals surface area contributed by atoms with Crippen molar-refractivity contribution in [2.75, 3.05) is 14.2 Å². The van der Waals surface area contributed by atoms with E-state index in [0.29, 0.717) is 28.8 Å². The molecule has 1 aromatic carbocycles. The van der Waals surface area contributed by atoms with Crippen LogP contribution in [0.4, 0.5) is 0 Å². The molecule has 1 aliphatic carbocycles. The van der Waals surface area contributed by atoms with Crippen LogP contribution in [0.15, 0.2) is 21.5 Å². The van der Waals surface area contributed by atoms with Gasteiger partial charge >= 0.3 is 0 Å². The number of nitrogens with one attached hydrogen (secondary N) is 1. The number of amides is 1. The van der Waals surface area contributed by atoms with E-state index in [-0.39, 0.29) is 4.90 Å². The third-order valence-corrected chi connectivity index (χ3v) is 6.36. The number of methoxy groups -OCH3 is 2. The monoisotopic (exact) mass is 406 g/mol. The van der Waals surface area contributed by atoms with Gasteiger partial charge in [0.05, 0.1) is 20.1 Å². The second kappa shape index (κ2) is 7.06. The van der Waals surface area contributed by atoms with Crippen LogP contribution < -0.4 is 19.9 Å². The predicted octanol–water partition coefficient (Wildman–Crippen LogP) is 1.40. The van der Waals surface area contributed by atoms with Crippen molar-refractivity contribution in [2.45, 2.75) is 30.2 Å². The number of primary amides is 1. The molecule has 0 heterocycles. The van der Waals surface area contributed by atoms with Gasteiger partial charge in [-0.2, -0.15) is 0 Å². The molecule has 3 N–H and O–H groups in total. The van der Waals surface area contributed by atoms with Crippen LogP contribution in [0.3, 0.4) is 0 Å². The number of benzene rings is 1. The first-order valence-corrected chi connectivity index (χ1v) is 9.31. The lowest BCUT2D eigenvalue weighted by atomic mass is 10.0. The molecule has 1 amide bonds. The molecule has 23 heavy (non-hydrogen) atoms. The Hall–Kier alpha value is -1.32. The topological polar surface area (TPSA) is 108 Å². The van der Waals surface area contributed by atoms with E-state index in [1.54, 1.807) is 0 Å². The van der Waals surface area contributed by atoms with Gasteiger partial charge in [-0.3, -0.25) is 4.79 Å². The maximum Gasteiger partial charge on any atom is 0.242 e. The molecule has 2 rings (SSSR count). The Labute approximate surface area is 143 Å². The zero-order chi connectivity index (χ0) is 17.2.